The molecule has 6 heteroatoms. The van der Waals surface area contributed by atoms with Gasteiger partial charge in [0.05, 0.1) is 0 Å². The van der Waals surface area contributed by atoms with Crippen molar-refractivity contribution in [1.82, 2.24) is 14.7 Å². The van der Waals surface area contributed by atoms with Crippen LogP contribution in [0.2, 0.25) is 0 Å². The number of aromatic nitrogens is 2. The predicted molar refractivity (Wildman–Crippen MR) is 87.1 cm³/mol. The predicted octanol–water partition coefficient (Wildman–Crippen LogP) is 2.22. The summed E-state index contributed by atoms with van der Waals surface area (Å²) in [5.41, 5.74) is 2.46. The first kappa shape index (κ1) is 15.5. The van der Waals surface area contributed by atoms with Crippen LogP contribution in [0, 0.1) is 12.7 Å². The highest BCUT2D eigenvalue weighted by Crippen LogP contribution is 2.18. The van der Waals surface area contributed by atoms with Crippen LogP contribution in [-0.2, 0) is 7.05 Å². The van der Waals surface area contributed by atoms with Gasteiger partial charge < -0.3 is 9.80 Å². The van der Waals surface area contributed by atoms with E-state index in [4.69, 9.17) is 0 Å². The van der Waals surface area contributed by atoms with Gasteiger partial charge >= 0.3 is 0 Å². The van der Waals surface area contributed by atoms with Crippen LogP contribution in [0.15, 0.2) is 30.3 Å². The summed E-state index contributed by atoms with van der Waals surface area (Å²) in [6.45, 7) is 4.89. The SMILES string of the molecule is Cc1cc(C(=O)N2CCCN(c3ccc(F)cc3)CC2)nn1C. The minimum absolute atomic E-state index is 0.0188. The second kappa shape index (κ2) is 6.40. The highest BCUT2D eigenvalue weighted by Gasteiger charge is 2.22. The third kappa shape index (κ3) is 3.36. The van der Waals surface area contributed by atoms with E-state index in [0.29, 0.717) is 18.8 Å². The molecule has 0 spiro atoms. The van der Waals surface area contributed by atoms with Crippen LogP contribution in [-0.4, -0.2) is 46.8 Å². The van der Waals surface area contributed by atoms with E-state index in [2.05, 4.69) is 10.00 Å². The third-order valence-corrected chi connectivity index (χ3v) is 4.31. The average molecular weight is 316 g/mol. The van der Waals surface area contributed by atoms with Gasteiger partial charge in [-0.1, -0.05) is 0 Å². The largest absolute Gasteiger partial charge is 0.370 e. The molecule has 23 heavy (non-hydrogen) atoms. The fourth-order valence-electron chi connectivity index (χ4n) is 2.86. The molecule has 0 unspecified atom stereocenters. The Kier molecular flexibility index (Phi) is 4.32. The van der Waals surface area contributed by atoms with Gasteiger partial charge in [-0.25, -0.2) is 4.39 Å². The van der Waals surface area contributed by atoms with Gasteiger partial charge in [0.2, 0.25) is 0 Å². The highest BCUT2D eigenvalue weighted by molar-refractivity contribution is 5.92. The molecule has 122 valence electrons. The number of carbonyl (C=O) groups is 1. The van der Waals surface area contributed by atoms with Crippen LogP contribution < -0.4 is 4.90 Å². The molecule has 3 rings (SSSR count). The topological polar surface area (TPSA) is 41.4 Å². The monoisotopic (exact) mass is 316 g/mol. The molecule has 1 aromatic heterocycles. The molecule has 0 N–H and O–H groups in total. The lowest BCUT2D eigenvalue weighted by Crippen LogP contribution is -2.35. The van der Waals surface area contributed by atoms with Crippen molar-refractivity contribution in [3.63, 3.8) is 0 Å². The lowest BCUT2D eigenvalue weighted by atomic mass is 10.2. The second-order valence-electron chi connectivity index (χ2n) is 5.90. The van der Waals surface area contributed by atoms with Gasteiger partial charge in [-0.2, -0.15) is 5.10 Å². The molecule has 1 aliphatic rings. The number of carbonyl (C=O) groups excluding carboxylic acids is 1. The van der Waals surface area contributed by atoms with Gasteiger partial charge in [0, 0.05) is 44.6 Å². The molecule has 1 saturated heterocycles. The second-order valence-corrected chi connectivity index (χ2v) is 5.90. The van der Waals surface area contributed by atoms with Gasteiger partial charge in [-0.15, -0.1) is 0 Å². The molecule has 2 heterocycles. The van der Waals surface area contributed by atoms with Gasteiger partial charge in [0.25, 0.3) is 5.91 Å². The number of rotatable bonds is 2. The molecular weight excluding hydrogens is 295 g/mol. The molecule has 5 nitrogen and oxygen atoms in total. The summed E-state index contributed by atoms with van der Waals surface area (Å²) < 4.78 is 14.8. The quantitative estimate of drug-likeness (QED) is 0.853. The zero-order valence-corrected chi connectivity index (χ0v) is 13.5. The first-order chi connectivity index (χ1) is 11.0. The van der Waals surface area contributed by atoms with Crippen molar-refractivity contribution in [1.29, 1.82) is 0 Å². The number of nitrogens with zero attached hydrogens (tertiary/aromatic N) is 4. The smallest absolute Gasteiger partial charge is 0.274 e. The molecule has 0 radical (unpaired) electrons. The van der Waals surface area contributed by atoms with Crippen molar-refractivity contribution in [2.24, 2.45) is 7.05 Å². The zero-order chi connectivity index (χ0) is 16.4. The number of hydrogen-bond acceptors (Lipinski definition) is 3. The van der Waals surface area contributed by atoms with Crippen molar-refractivity contribution in [3.05, 3.63) is 47.5 Å². The molecule has 0 aliphatic carbocycles. The van der Waals surface area contributed by atoms with Gasteiger partial charge in [0.15, 0.2) is 5.69 Å². The number of hydrogen-bond donors (Lipinski definition) is 0. The summed E-state index contributed by atoms with van der Waals surface area (Å²) >= 11 is 0. The third-order valence-electron chi connectivity index (χ3n) is 4.31. The Balaban J connectivity index is 1.68. The van der Waals surface area contributed by atoms with Crippen LogP contribution in [0.25, 0.3) is 0 Å². The molecule has 1 amide bonds. The fourth-order valence-corrected chi connectivity index (χ4v) is 2.86. The van der Waals surface area contributed by atoms with Gasteiger partial charge in [-0.3, -0.25) is 9.48 Å². The minimum Gasteiger partial charge on any atom is -0.370 e. The lowest BCUT2D eigenvalue weighted by molar-refractivity contribution is 0.0760. The maximum atomic E-state index is 13.0. The molecule has 0 atom stereocenters. The van der Waals surface area contributed by atoms with Crippen molar-refractivity contribution < 1.29 is 9.18 Å². The van der Waals surface area contributed by atoms with Crippen molar-refractivity contribution in [2.75, 3.05) is 31.1 Å². The fraction of sp³-hybridized carbons (Fsp3) is 0.412. The molecule has 1 fully saturated rings. The van der Waals surface area contributed by atoms with Crippen LogP contribution >= 0.6 is 0 Å². The van der Waals surface area contributed by atoms with E-state index in [-0.39, 0.29) is 11.7 Å². The Morgan fingerprint density at radius 2 is 1.87 bits per heavy atom. The minimum atomic E-state index is -0.231. The summed E-state index contributed by atoms with van der Waals surface area (Å²) in [7, 11) is 1.84. The Bertz CT molecular complexity index is 676. The summed E-state index contributed by atoms with van der Waals surface area (Å²) in [5.74, 6) is -0.249. The van der Waals surface area contributed by atoms with E-state index in [1.165, 1.54) is 12.1 Å². The molecule has 0 bridgehead atoms. The maximum Gasteiger partial charge on any atom is 0.274 e. The van der Waals surface area contributed by atoms with E-state index in [1.807, 2.05) is 24.9 Å². The first-order valence-corrected chi connectivity index (χ1v) is 7.85. The normalized spacial score (nSPS) is 15.6. The summed E-state index contributed by atoms with van der Waals surface area (Å²) in [6, 6.07) is 8.34. The summed E-state index contributed by atoms with van der Waals surface area (Å²) in [4.78, 5) is 16.6. The van der Waals surface area contributed by atoms with Crippen molar-refractivity contribution in [3.8, 4) is 0 Å². The average Bonchev–Trinajstić information content (AvgIpc) is 2.76. The standard InChI is InChI=1S/C17H21FN4O/c1-13-12-16(19-20(13)2)17(23)22-9-3-8-21(10-11-22)15-6-4-14(18)5-7-15/h4-7,12H,3,8-11H2,1-2H3. The van der Waals surface area contributed by atoms with Crippen LogP contribution in [0.3, 0.4) is 0 Å². The van der Waals surface area contributed by atoms with Crippen LogP contribution in [0.4, 0.5) is 10.1 Å². The Hall–Kier alpha value is -2.37. The van der Waals surface area contributed by atoms with Crippen molar-refractivity contribution in [2.45, 2.75) is 13.3 Å². The van der Waals surface area contributed by atoms with E-state index in [9.17, 15) is 9.18 Å². The van der Waals surface area contributed by atoms with E-state index in [0.717, 1.165) is 30.9 Å². The highest BCUT2D eigenvalue weighted by atomic mass is 19.1. The molecule has 1 aromatic carbocycles. The lowest BCUT2D eigenvalue weighted by Gasteiger charge is -2.23. The summed E-state index contributed by atoms with van der Waals surface area (Å²) in [6.07, 6.45) is 0.884. The number of halogens is 1. The number of anilines is 1. The van der Waals surface area contributed by atoms with Gasteiger partial charge in [0.1, 0.15) is 5.82 Å². The summed E-state index contributed by atoms with van der Waals surface area (Å²) in [5, 5.41) is 4.27. The molecule has 2 aromatic rings. The molecular formula is C17H21FN4O. The zero-order valence-electron chi connectivity index (χ0n) is 13.5. The van der Waals surface area contributed by atoms with Crippen LogP contribution in [0.5, 0.6) is 0 Å². The molecule has 0 saturated carbocycles. The Morgan fingerprint density at radius 3 is 2.52 bits per heavy atom. The van der Waals surface area contributed by atoms with E-state index < -0.39 is 0 Å². The number of benzene rings is 1. The Morgan fingerprint density at radius 1 is 1.13 bits per heavy atom. The maximum absolute atomic E-state index is 13.0. The van der Waals surface area contributed by atoms with Crippen LogP contribution in [0.1, 0.15) is 22.6 Å². The first-order valence-electron chi connectivity index (χ1n) is 7.85. The number of aryl methyl sites for hydroxylation is 2. The van der Waals surface area contributed by atoms with Crippen molar-refractivity contribution >= 4 is 11.6 Å². The van der Waals surface area contributed by atoms with Gasteiger partial charge in [-0.05, 0) is 43.7 Å². The Labute approximate surface area is 135 Å². The van der Waals surface area contributed by atoms with E-state index in [1.54, 1.807) is 16.8 Å². The molecule has 1 aliphatic heterocycles. The van der Waals surface area contributed by atoms with E-state index >= 15 is 0 Å². The number of amides is 1.